The number of pyridine rings is 1. The number of hydrogen-bond donors (Lipinski definition) is 0. The van der Waals surface area contributed by atoms with E-state index in [1.807, 2.05) is 27.0 Å². The standard InChI is InChI=1S/C13H15N3S/c1-8(2)15-10(4)16-12-7-11-5-6-14-9(3)13(11)17-12/h5-6H,1,7H2,2-4H3/b15-10-,16-12+. The molecule has 0 N–H and O–H groups in total. The van der Waals surface area contributed by atoms with Gasteiger partial charge in [0.1, 0.15) is 5.84 Å². The molecular weight excluding hydrogens is 230 g/mol. The van der Waals surface area contributed by atoms with Crippen molar-refractivity contribution in [1.82, 2.24) is 4.98 Å². The number of nitrogens with zero attached hydrogens (tertiary/aromatic N) is 3. The normalized spacial score (nSPS) is 17.4. The van der Waals surface area contributed by atoms with E-state index in [1.54, 1.807) is 11.8 Å². The number of fused-ring (bicyclic) bond motifs is 1. The lowest BCUT2D eigenvalue weighted by molar-refractivity contribution is 1.07. The highest BCUT2D eigenvalue weighted by atomic mass is 32.2. The Hall–Kier alpha value is -1.42. The monoisotopic (exact) mass is 245 g/mol. The molecule has 1 aromatic rings. The summed E-state index contributed by atoms with van der Waals surface area (Å²) in [6.07, 6.45) is 2.74. The third kappa shape index (κ3) is 2.82. The van der Waals surface area contributed by atoms with E-state index in [0.29, 0.717) is 0 Å². The lowest BCUT2D eigenvalue weighted by atomic mass is 10.2. The van der Waals surface area contributed by atoms with Crippen LogP contribution in [0.5, 0.6) is 0 Å². The van der Waals surface area contributed by atoms with E-state index < -0.39 is 0 Å². The van der Waals surface area contributed by atoms with Gasteiger partial charge in [0.2, 0.25) is 0 Å². The zero-order valence-corrected chi connectivity index (χ0v) is 11.1. The summed E-state index contributed by atoms with van der Waals surface area (Å²) in [5.41, 5.74) is 3.17. The number of aromatic nitrogens is 1. The van der Waals surface area contributed by atoms with Crippen LogP contribution in [-0.4, -0.2) is 15.9 Å². The van der Waals surface area contributed by atoms with E-state index in [2.05, 4.69) is 27.6 Å². The molecule has 17 heavy (non-hydrogen) atoms. The van der Waals surface area contributed by atoms with Gasteiger partial charge in [0.05, 0.1) is 10.7 Å². The van der Waals surface area contributed by atoms with Crippen molar-refractivity contribution >= 4 is 22.6 Å². The second kappa shape index (κ2) is 4.84. The van der Waals surface area contributed by atoms with Crippen molar-refractivity contribution in [2.45, 2.75) is 32.1 Å². The number of aryl methyl sites for hydroxylation is 1. The van der Waals surface area contributed by atoms with Gasteiger partial charge >= 0.3 is 0 Å². The predicted octanol–water partition coefficient (Wildman–Crippen LogP) is 3.39. The molecule has 1 aromatic heterocycles. The number of allylic oxidation sites excluding steroid dienone is 1. The molecule has 2 rings (SSSR count). The summed E-state index contributed by atoms with van der Waals surface area (Å²) in [5, 5.41) is 1.08. The average molecular weight is 245 g/mol. The van der Waals surface area contributed by atoms with Crippen LogP contribution < -0.4 is 0 Å². The number of amidine groups is 1. The molecule has 0 saturated carbocycles. The molecule has 4 heteroatoms. The van der Waals surface area contributed by atoms with Gasteiger partial charge in [-0.1, -0.05) is 18.3 Å². The first-order chi connectivity index (χ1) is 8.06. The Bertz CT molecular complexity index is 529. The van der Waals surface area contributed by atoms with Crippen LogP contribution in [0.15, 0.2) is 39.4 Å². The van der Waals surface area contributed by atoms with Crippen molar-refractivity contribution in [3.05, 3.63) is 35.8 Å². The Labute approximate surface area is 106 Å². The summed E-state index contributed by atoms with van der Waals surface area (Å²) < 4.78 is 0. The van der Waals surface area contributed by atoms with E-state index in [4.69, 9.17) is 0 Å². The molecular formula is C13H15N3S. The number of rotatable bonds is 1. The first-order valence-corrected chi connectivity index (χ1v) is 6.28. The zero-order valence-electron chi connectivity index (χ0n) is 10.3. The SMILES string of the molecule is C=C(C)/N=C(C)\N=C1/Cc2ccnc(C)c2S1. The Morgan fingerprint density at radius 1 is 1.47 bits per heavy atom. The first-order valence-electron chi connectivity index (χ1n) is 5.47. The molecule has 0 amide bonds. The number of thioether (sulfide) groups is 1. The minimum absolute atomic E-state index is 0.762. The van der Waals surface area contributed by atoms with Crippen molar-refractivity contribution < 1.29 is 0 Å². The van der Waals surface area contributed by atoms with Gasteiger partial charge in [-0.25, -0.2) is 9.98 Å². The Morgan fingerprint density at radius 3 is 2.88 bits per heavy atom. The van der Waals surface area contributed by atoms with Crippen LogP contribution in [0.1, 0.15) is 25.1 Å². The summed E-state index contributed by atoms with van der Waals surface area (Å²) in [4.78, 5) is 14.3. The molecule has 0 bridgehead atoms. The lowest BCUT2D eigenvalue weighted by Gasteiger charge is -1.98. The molecule has 2 heterocycles. The van der Waals surface area contributed by atoms with Crippen LogP contribution >= 0.6 is 11.8 Å². The quantitative estimate of drug-likeness (QED) is 0.562. The topological polar surface area (TPSA) is 37.6 Å². The molecule has 0 aliphatic carbocycles. The van der Waals surface area contributed by atoms with Crippen LogP contribution in [0.2, 0.25) is 0 Å². The predicted molar refractivity (Wildman–Crippen MR) is 73.9 cm³/mol. The van der Waals surface area contributed by atoms with Gasteiger partial charge < -0.3 is 0 Å². The van der Waals surface area contributed by atoms with Crippen LogP contribution in [0.3, 0.4) is 0 Å². The molecule has 0 aromatic carbocycles. The molecule has 0 atom stereocenters. The van der Waals surface area contributed by atoms with Crippen LogP contribution in [0.4, 0.5) is 0 Å². The van der Waals surface area contributed by atoms with Gasteiger partial charge in [-0.3, -0.25) is 4.98 Å². The molecule has 0 fully saturated rings. The minimum atomic E-state index is 0.762. The van der Waals surface area contributed by atoms with Crippen LogP contribution in [0, 0.1) is 6.92 Å². The maximum atomic E-state index is 4.51. The van der Waals surface area contributed by atoms with Crippen LogP contribution in [0.25, 0.3) is 0 Å². The molecule has 88 valence electrons. The van der Waals surface area contributed by atoms with E-state index in [9.17, 15) is 0 Å². The third-order valence-electron chi connectivity index (χ3n) is 2.36. The lowest BCUT2D eigenvalue weighted by Crippen LogP contribution is -1.95. The van der Waals surface area contributed by atoms with Gasteiger partial charge in [-0.15, -0.1) is 0 Å². The third-order valence-corrected chi connectivity index (χ3v) is 3.60. The molecule has 1 aliphatic heterocycles. The van der Waals surface area contributed by atoms with Crippen molar-refractivity contribution in [1.29, 1.82) is 0 Å². The summed E-state index contributed by atoms with van der Waals surface area (Å²) >= 11 is 1.70. The van der Waals surface area contributed by atoms with Gasteiger partial charge in [-0.2, -0.15) is 0 Å². The van der Waals surface area contributed by atoms with Crippen LogP contribution in [-0.2, 0) is 6.42 Å². The summed E-state index contributed by atoms with van der Waals surface area (Å²) in [6.45, 7) is 9.55. The fourth-order valence-corrected chi connectivity index (χ4v) is 2.86. The van der Waals surface area contributed by atoms with E-state index in [-0.39, 0.29) is 0 Å². The van der Waals surface area contributed by atoms with Crippen molar-refractivity contribution in [3.8, 4) is 0 Å². The smallest absolute Gasteiger partial charge is 0.126 e. The zero-order chi connectivity index (χ0) is 12.4. The maximum absolute atomic E-state index is 4.51. The molecule has 0 radical (unpaired) electrons. The molecule has 0 spiro atoms. The fraction of sp³-hybridized carbons (Fsp3) is 0.308. The van der Waals surface area contributed by atoms with Crippen molar-refractivity contribution in [2.24, 2.45) is 9.98 Å². The summed E-state index contributed by atoms with van der Waals surface area (Å²) in [5.74, 6) is 0.762. The Kier molecular flexibility index (Phi) is 3.43. The second-order valence-electron chi connectivity index (χ2n) is 4.06. The first kappa shape index (κ1) is 12.0. The summed E-state index contributed by atoms with van der Waals surface area (Å²) in [6, 6.07) is 2.06. The van der Waals surface area contributed by atoms with Gasteiger partial charge in [0, 0.05) is 23.2 Å². The van der Waals surface area contributed by atoms with E-state index >= 15 is 0 Å². The Balaban J connectivity index is 2.23. The molecule has 0 unspecified atom stereocenters. The average Bonchev–Trinajstić information content (AvgIpc) is 2.60. The highest BCUT2D eigenvalue weighted by Crippen LogP contribution is 2.34. The van der Waals surface area contributed by atoms with E-state index in [0.717, 1.165) is 28.7 Å². The second-order valence-corrected chi connectivity index (χ2v) is 5.15. The highest BCUT2D eigenvalue weighted by molar-refractivity contribution is 8.14. The Morgan fingerprint density at radius 2 is 2.24 bits per heavy atom. The largest absolute Gasteiger partial charge is 0.260 e. The number of aliphatic imine (C=N–C) groups is 2. The minimum Gasteiger partial charge on any atom is -0.260 e. The van der Waals surface area contributed by atoms with E-state index in [1.165, 1.54) is 10.5 Å². The van der Waals surface area contributed by atoms with Gasteiger partial charge in [0.15, 0.2) is 0 Å². The molecule has 1 aliphatic rings. The van der Waals surface area contributed by atoms with Gasteiger partial charge in [0.25, 0.3) is 0 Å². The molecule has 0 saturated heterocycles. The van der Waals surface area contributed by atoms with Gasteiger partial charge in [-0.05, 0) is 32.4 Å². The van der Waals surface area contributed by atoms with Crippen molar-refractivity contribution in [2.75, 3.05) is 0 Å². The molecule has 3 nitrogen and oxygen atoms in total. The maximum Gasteiger partial charge on any atom is 0.126 e. The fourth-order valence-electron chi connectivity index (χ4n) is 1.75. The highest BCUT2D eigenvalue weighted by Gasteiger charge is 2.20. The van der Waals surface area contributed by atoms with Crippen molar-refractivity contribution in [3.63, 3.8) is 0 Å². The number of hydrogen-bond acceptors (Lipinski definition) is 3. The summed E-state index contributed by atoms with van der Waals surface area (Å²) in [7, 11) is 0.